The van der Waals surface area contributed by atoms with Crippen LogP contribution in [0.15, 0.2) is 16.6 Å². The van der Waals surface area contributed by atoms with Crippen LogP contribution in [-0.2, 0) is 0 Å². The minimum absolute atomic E-state index is 0.0372. The van der Waals surface area contributed by atoms with Crippen molar-refractivity contribution in [3.8, 4) is 0 Å². The summed E-state index contributed by atoms with van der Waals surface area (Å²) in [4.78, 5) is 0. The molecule has 0 nitrogen and oxygen atoms in total. The Labute approximate surface area is 76.1 Å². The Balaban J connectivity index is 3.31. The maximum Gasteiger partial charge on any atom is 0.144 e. The Morgan fingerprint density at radius 1 is 1.30 bits per heavy atom. The predicted molar refractivity (Wildman–Crippen MR) is 44.1 cm³/mol. The molecule has 0 spiro atoms. The third-order valence-electron chi connectivity index (χ3n) is 0.949. The highest BCUT2D eigenvalue weighted by atomic mass is 79.9. The molecule has 1 aromatic carbocycles. The molecule has 0 unspecified atom stereocenters. The lowest BCUT2D eigenvalue weighted by Gasteiger charge is -1.96. The van der Waals surface area contributed by atoms with Crippen LogP contribution in [0, 0.1) is 5.82 Å². The van der Waals surface area contributed by atoms with E-state index in [1.807, 2.05) is 0 Å². The van der Waals surface area contributed by atoms with Crippen molar-refractivity contribution in [3.05, 3.63) is 32.5 Å². The lowest BCUT2D eigenvalue weighted by Crippen LogP contribution is -1.77. The largest absolute Gasteiger partial charge is 0.205 e. The molecule has 54 valence electrons. The molecule has 0 bridgehead atoms. The van der Waals surface area contributed by atoms with Gasteiger partial charge < -0.3 is 0 Å². The second kappa shape index (κ2) is 3.07. The molecule has 0 fully saturated rings. The molecule has 0 aromatic heterocycles. The summed E-state index contributed by atoms with van der Waals surface area (Å²) in [5.41, 5.74) is 0. The maximum absolute atomic E-state index is 12.6. The van der Waals surface area contributed by atoms with Crippen molar-refractivity contribution in [2.45, 2.75) is 0 Å². The molecule has 0 aliphatic carbocycles. The Morgan fingerprint density at radius 3 is 2.40 bits per heavy atom. The number of rotatable bonds is 0. The van der Waals surface area contributed by atoms with E-state index in [-0.39, 0.29) is 10.0 Å². The lowest BCUT2D eigenvalue weighted by atomic mass is 10.3. The SMILES string of the molecule is Fc1cc(Br)cc(Cl)c1Cl. The standard InChI is InChI=1S/C6H2BrCl2F/c7-3-1-4(8)6(9)5(10)2-3/h1-2H. The molecule has 0 aliphatic rings. The zero-order chi connectivity index (χ0) is 7.72. The molecule has 0 radical (unpaired) electrons. The highest BCUT2D eigenvalue weighted by Crippen LogP contribution is 2.28. The van der Waals surface area contributed by atoms with Gasteiger partial charge in [0.15, 0.2) is 0 Å². The van der Waals surface area contributed by atoms with Crippen molar-refractivity contribution >= 4 is 39.1 Å². The third kappa shape index (κ3) is 1.62. The first kappa shape index (κ1) is 8.31. The van der Waals surface area contributed by atoms with E-state index in [1.165, 1.54) is 12.1 Å². The van der Waals surface area contributed by atoms with Crippen molar-refractivity contribution in [2.24, 2.45) is 0 Å². The minimum atomic E-state index is -0.513. The van der Waals surface area contributed by atoms with Gasteiger partial charge in [-0.25, -0.2) is 4.39 Å². The molecule has 10 heavy (non-hydrogen) atoms. The molecule has 0 aliphatic heterocycles. The summed E-state index contributed by atoms with van der Waals surface area (Å²) in [6, 6.07) is 2.79. The van der Waals surface area contributed by atoms with E-state index in [0.717, 1.165) is 0 Å². The second-order valence-corrected chi connectivity index (χ2v) is 3.38. The first-order valence-corrected chi connectivity index (χ1v) is 3.96. The zero-order valence-electron chi connectivity index (χ0n) is 4.67. The van der Waals surface area contributed by atoms with Gasteiger partial charge in [-0.15, -0.1) is 0 Å². The molecule has 0 heterocycles. The van der Waals surface area contributed by atoms with Gasteiger partial charge in [0.1, 0.15) is 5.82 Å². The lowest BCUT2D eigenvalue weighted by molar-refractivity contribution is 0.627. The fourth-order valence-corrected chi connectivity index (χ4v) is 1.40. The molecule has 4 heteroatoms. The summed E-state index contributed by atoms with van der Waals surface area (Å²) in [6.07, 6.45) is 0. The molecule has 1 rings (SSSR count). The van der Waals surface area contributed by atoms with E-state index in [2.05, 4.69) is 15.9 Å². The van der Waals surface area contributed by atoms with Crippen molar-refractivity contribution in [1.29, 1.82) is 0 Å². The van der Waals surface area contributed by atoms with Crippen molar-refractivity contribution in [2.75, 3.05) is 0 Å². The summed E-state index contributed by atoms with van der Waals surface area (Å²) in [5, 5.41) is 0.179. The van der Waals surface area contributed by atoms with Gasteiger partial charge in [-0.2, -0.15) is 0 Å². The summed E-state index contributed by atoms with van der Waals surface area (Å²) >= 11 is 14.0. The van der Waals surface area contributed by atoms with E-state index >= 15 is 0 Å². The molecular formula is C6H2BrCl2F. The van der Waals surface area contributed by atoms with Crippen LogP contribution in [0.25, 0.3) is 0 Å². The Kier molecular flexibility index (Phi) is 2.55. The number of hydrogen-bond donors (Lipinski definition) is 0. The molecular weight excluding hydrogens is 242 g/mol. The van der Waals surface area contributed by atoms with Crippen LogP contribution in [-0.4, -0.2) is 0 Å². The van der Waals surface area contributed by atoms with E-state index in [4.69, 9.17) is 23.2 Å². The molecule has 0 amide bonds. The summed E-state index contributed by atoms with van der Waals surface area (Å²) in [6.45, 7) is 0. The van der Waals surface area contributed by atoms with Gasteiger partial charge in [-0.3, -0.25) is 0 Å². The quantitative estimate of drug-likeness (QED) is 0.479. The highest BCUT2D eigenvalue weighted by molar-refractivity contribution is 9.10. The Morgan fingerprint density at radius 2 is 1.90 bits per heavy atom. The third-order valence-corrected chi connectivity index (χ3v) is 2.19. The van der Waals surface area contributed by atoms with E-state index < -0.39 is 5.82 Å². The van der Waals surface area contributed by atoms with Crippen molar-refractivity contribution in [1.82, 2.24) is 0 Å². The van der Waals surface area contributed by atoms with Gasteiger partial charge in [0.2, 0.25) is 0 Å². The number of hydrogen-bond acceptors (Lipinski definition) is 0. The average molecular weight is 244 g/mol. The molecule has 0 N–H and O–H groups in total. The van der Waals surface area contributed by atoms with Gasteiger partial charge >= 0.3 is 0 Å². The Hall–Kier alpha value is 0.210. The molecule has 1 aromatic rings. The van der Waals surface area contributed by atoms with Gasteiger partial charge in [-0.1, -0.05) is 39.1 Å². The Bertz CT molecular complexity index is 239. The van der Waals surface area contributed by atoms with Crippen LogP contribution in [0.4, 0.5) is 4.39 Å². The molecule has 0 atom stereocenters. The maximum atomic E-state index is 12.6. The summed E-state index contributed by atoms with van der Waals surface area (Å²) in [5.74, 6) is -0.513. The predicted octanol–water partition coefficient (Wildman–Crippen LogP) is 3.90. The highest BCUT2D eigenvalue weighted by Gasteiger charge is 2.04. The van der Waals surface area contributed by atoms with Crippen LogP contribution in [0.3, 0.4) is 0 Å². The smallest absolute Gasteiger partial charge is 0.144 e. The van der Waals surface area contributed by atoms with Gasteiger partial charge in [0.05, 0.1) is 10.0 Å². The van der Waals surface area contributed by atoms with Crippen LogP contribution >= 0.6 is 39.1 Å². The van der Waals surface area contributed by atoms with Gasteiger partial charge in [-0.05, 0) is 12.1 Å². The average Bonchev–Trinajstić information content (AvgIpc) is 1.82. The minimum Gasteiger partial charge on any atom is -0.205 e. The van der Waals surface area contributed by atoms with Crippen molar-refractivity contribution < 1.29 is 4.39 Å². The van der Waals surface area contributed by atoms with Crippen LogP contribution < -0.4 is 0 Å². The fourth-order valence-electron chi connectivity index (χ4n) is 0.525. The zero-order valence-corrected chi connectivity index (χ0v) is 7.76. The molecule has 0 saturated carbocycles. The van der Waals surface area contributed by atoms with E-state index in [9.17, 15) is 4.39 Å². The van der Waals surface area contributed by atoms with Gasteiger partial charge in [0.25, 0.3) is 0 Å². The van der Waals surface area contributed by atoms with E-state index in [1.54, 1.807) is 0 Å². The second-order valence-electron chi connectivity index (χ2n) is 1.68. The van der Waals surface area contributed by atoms with Gasteiger partial charge in [0, 0.05) is 4.47 Å². The monoisotopic (exact) mass is 242 g/mol. The molecule has 0 saturated heterocycles. The summed E-state index contributed by atoms with van der Waals surface area (Å²) < 4.78 is 13.2. The topological polar surface area (TPSA) is 0 Å². The number of halogens is 4. The first-order chi connectivity index (χ1) is 4.61. The fraction of sp³-hybridized carbons (Fsp3) is 0. The van der Waals surface area contributed by atoms with Crippen LogP contribution in [0.2, 0.25) is 10.0 Å². The van der Waals surface area contributed by atoms with Crippen LogP contribution in [0.5, 0.6) is 0 Å². The van der Waals surface area contributed by atoms with Crippen molar-refractivity contribution in [3.63, 3.8) is 0 Å². The van der Waals surface area contributed by atoms with Crippen LogP contribution in [0.1, 0.15) is 0 Å². The normalized spacial score (nSPS) is 10.0. The summed E-state index contributed by atoms with van der Waals surface area (Å²) in [7, 11) is 0. The van der Waals surface area contributed by atoms with E-state index in [0.29, 0.717) is 4.47 Å². The first-order valence-electron chi connectivity index (χ1n) is 2.41. The number of benzene rings is 1.